The van der Waals surface area contributed by atoms with Gasteiger partial charge in [-0.3, -0.25) is 4.79 Å². The second-order valence-corrected chi connectivity index (χ2v) is 6.38. The van der Waals surface area contributed by atoms with Gasteiger partial charge in [0.25, 0.3) is 5.91 Å². The van der Waals surface area contributed by atoms with E-state index >= 15 is 0 Å². The van der Waals surface area contributed by atoms with E-state index < -0.39 is 31.0 Å². The molecule has 0 fully saturated rings. The van der Waals surface area contributed by atoms with E-state index in [-0.39, 0.29) is 17.7 Å². The highest BCUT2D eigenvalue weighted by molar-refractivity contribution is 6.47. The summed E-state index contributed by atoms with van der Waals surface area (Å²) in [5, 5.41) is 24.9. The molecule has 10 heteroatoms. The van der Waals surface area contributed by atoms with Crippen molar-refractivity contribution in [3.05, 3.63) is 69.6 Å². The maximum atomic E-state index is 12.5. The van der Waals surface area contributed by atoms with Crippen LogP contribution in [0.5, 0.6) is 5.75 Å². The summed E-state index contributed by atoms with van der Waals surface area (Å²) in [5.74, 6) is -2.68. The second kappa shape index (κ2) is 8.20. The van der Waals surface area contributed by atoms with Crippen LogP contribution in [0.15, 0.2) is 47.6 Å². The number of amides is 1. The van der Waals surface area contributed by atoms with Gasteiger partial charge in [-0.25, -0.2) is 4.79 Å². The fourth-order valence-corrected chi connectivity index (χ4v) is 3.07. The second-order valence-electron chi connectivity index (χ2n) is 6.38. The van der Waals surface area contributed by atoms with Gasteiger partial charge in [0.2, 0.25) is 0 Å². The van der Waals surface area contributed by atoms with Crippen molar-refractivity contribution in [3.63, 3.8) is 0 Å². The Bertz CT molecular complexity index is 905. The van der Waals surface area contributed by atoms with Crippen molar-refractivity contribution in [2.24, 2.45) is 10.9 Å². The van der Waals surface area contributed by atoms with Gasteiger partial charge in [-0.2, -0.15) is 0 Å². The molecule has 9 nitrogen and oxygen atoms in total. The summed E-state index contributed by atoms with van der Waals surface area (Å²) in [5.41, 5.74) is 7.22. The van der Waals surface area contributed by atoms with Crippen LogP contribution in [0.3, 0.4) is 0 Å². The van der Waals surface area contributed by atoms with E-state index in [9.17, 15) is 24.6 Å². The zero-order valence-corrected chi connectivity index (χ0v) is 14.7. The smallest absolute Gasteiger partial charge is 0.534 e. The number of rotatable bonds is 6. The number of carboxylic acids is 1. The molecule has 1 aliphatic heterocycles. The monoisotopic (exact) mass is 383 g/mol. The maximum absolute atomic E-state index is 12.5. The molecule has 0 radical (unpaired) electrons. The molecule has 0 spiro atoms. The number of hydrogen-bond acceptors (Lipinski definition) is 7. The summed E-state index contributed by atoms with van der Waals surface area (Å²) >= 11 is 0. The molecule has 1 heterocycles. The Morgan fingerprint density at radius 1 is 1.29 bits per heavy atom. The van der Waals surface area contributed by atoms with Crippen LogP contribution in [-0.2, 0) is 17.8 Å². The normalized spacial score (nSPS) is 16.5. The number of para-hydroxylation sites is 1. The predicted molar refractivity (Wildman–Crippen MR) is 101 cm³/mol. The van der Waals surface area contributed by atoms with Gasteiger partial charge in [0.1, 0.15) is 5.75 Å². The van der Waals surface area contributed by atoms with E-state index in [0.717, 1.165) is 5.56 Å². The molecule has 2 aromatic carbocycles. The van der Waals surface area contributed by atoms with Gasteiger partial charge >= 0.3 is 13.1 Å². The quantitative estimate of drug-likeness (QED) is 0.425. The first-order valence-corrected chi connectivity index (χ1v) is 8.56. The molecule has 0 saturated carbocycles. The van der Waals surface area contributed by atoms with Crippen molar-refractivity contribution in [2.75, 3.05) is 0 Å². The molecule has 1 amide bonds. The first kappa shape index (κ1) is 19.5. The SMILES string of the molecule is NCc1ccc(C(N=O)C(=O)NC2Cc3cccc(C(=O)O)c3OB2O)cc1. The molecule has 2 aromatic rings. The van der Waals surface area contributed by atoms with Crippen LogP contribution in [0.2, 0.25) is 0 Å². The van der Waals surface area contributed by atoms with Crippen molar-refractivity contribution < 1.29 is 24.4 Å². The standard InChI is InChI=1S/C18H18BN3O6/c20-9-10-4-6-11(7-5-10)15(22-27)17(23)21-14-8-12-2-1-3-13(18(24)25)16(12)28-19(14)26/h1-7,14-15,26H,8-9,20H2,(H,21,23)(H,24,25). The lowest BCUT2D eigenvalue weighted by Crippen LogP contribution is -2.54. The molecular formula is C18H18BN3O6. The average Bonchev–Trinajstić information content (AvgIpc) is 2.69. The van der Waals surface area contributed by atoms with Crippen LogP contribution < -0.4 is 15.7 Å². The lowest BCUT2D eigenvalue weighted by atomic mass is 9.72. The minimum Gasteiger partial charge on any atom is -0.534 e. The molecular weight excluding hydrogens is 365 g/mol. The van der Waals surface area contributed by atoms with Gasteiger partial charge in [-0.1, -0.05) is 41.6 Å². The number of benzene rings is 2. The highest BCUT2D eigenvalue weighted by Crippen LogP contribution is 2.30. The summed E-state index contributed by atoms with van der Waals surface area (Å²) in [6, 6.07) is 9.85. The van der Waals surface area contributed by atoms with Gasteiger partial charge < -0.3 is 25.8 Å². The summed E-state index contributed by atoms with van der Waals surface area (Å²) < 4.78 is 5.32. The van der Waals surface area contributed by atoms with Crippen molar-refractivity contribution in [2.45, 2.75) is 24.9 Å². The number of nitrogens with one attached hydrogen (secondary N) is 1. The highest BCUT2D eigenvalue weighted by atomic mass is 16.5. The number of carbonyl (C=O) groups excluding carboxylic acids is 1. The number of carbonyl (C=O) groups is 2. The molecule has 2 atom stereocenters. The molecule has 3 rings (SSSR count). The van der Waals surface area contributed by atoms with Gasteiger partial charge in [0.15, 0.2) is 6.04 Å². The third-order valence-electron chi connectivity index (χ3n) is 4.56. The minimum atomic E-state index is -1.47. The number of nitrogens with two attached hydrogens (primary N) is 1. The maximum Gasteiger partial charge on any atom is 0.547 e. The lowest BCUT2D eigenvalue weighted by Gasteiger charge is -2.29. The van der Waals surface area contributed by atoms with E-state index in [4.69, 9.17) is 10.4 Å². The zero-order chi connectivity index (χ0) is 20.3. The molecule has 5 N–H and O–H groups in total. The first-order chi connectivity index (χ1) is 13.4. The highest BCUT2D eigenvalue weighted by Gasteiger charge is 2.39. The number of fused-ring (bicyclic) bond motifs is 1. The van der Waals surface area contributed by atoms with Crippen LogP contribution in [-0.4, -0.2) is 35.1 Å². The van der Waals surface area contributed by atoms with Crippen LogP contribution in [0.1, 0.15) is 33.1 Å². The van der Waals surface area contributed by atoms with E-state index in [2.05, 4.69) is 10.5 Å². The topological polar surface area (TPSA) is 151 Å². The third-order valence-corrected chi connectivity index (χ3v) is 4.56. The fourth-order valence-electron chi connectivity index (χ4n) is 3.07. The first-order valence-electron chi connectivity index (χ1n) is 8.56. The van der Waals surface area contributed by atoms with Gasteiger partial charge in [-0.15, -0.1) is 4.91 Å². The molecule has 144 valence electrons. The summed E-state index contributed by atoms with van der Waals surface area (Å²) in [6.07, 6.45) is 0.140. The molecule has 0 aromatic heterocycles. The van der Waals surface area contributed by atoms with E-state index in [1.807, 2.05) is 0 Å². The Morgan fingerprint density at radius 3 is 2.61 bits per heavy atom. The average molecular weight is 383 g/mol. The number of nitrogens with zero attached hydrogens (tertiary/aromatic N) is 1. The number of hydrogen-bond donors (Lipinski definition) is 4. The Morgan fingerprint density at radius 2 is 2.00 bits per heavy atom. The molecule has 0 bridgehead atoms. The zero-order valence-electron chi connectivity index (χ0n) is 14.7. The Kier molecular flexibility index (Phi) is 5.71. The van der Waals surface area contributed by atoms with Gasteiger partial charge in [0.05, 0.1) is 11.5 Å². The van der Waals surface area contributed by atoms with E-state index in [1.54, 1.807) is 36.4 Å². The summed E-state index contributed by atoms with van der Waals surface area (Å²) in [4.78, 5) is 35.1. The van der Waals surface area contributed by atoms with E-state index in [1.165, 1.54) is 6.07 Å². The molecule has 28 heavy (non-hydrogen) atoms. The Balaban J connectivity index is 1.77. The van der Waals surface area contributed by atoms with E-state index in [0.29, 0.717) is 17.7 Å². The van der Waals surface area contributed by atoms with Crippen LogP contribution >= 0.6 is 0 Å². The predicted octanol–water partition coefficient (Wildman–Crippen LogP) is 0.791. The number of carboxylic acid groups (broad SMARTS) is 1. The fraction of sp³-hybridized carbons (Fsp3) is 0.222. The van der Waals surface area contributed by atoms with Gasteiger partial charge in [0, 0.05) is 6.54 Å². The van der Waals surface area contributed by atoms with Crippen molar-refractivity contribution in [1.29, 1.82) is 0 Å². The van der Waals surface area contributed by atoms with Crippen molar-refractivity contribution in [3.8, 4) is 5.75 Å². The van der Waals surface area contributed by atoms with Crippen molar-refractivity contribution >= 4 is 19.0 Å². The molecule has 1 aliphatic rings. The molecule has 2 unspecified atom stereocenters. The Labute approximate surface area is 160 Å². The number of aromatic carboxylic acids is 1. The minimum absolute atomic E-state index is 0.0652. The summed E-state index contributed by atoms with van der Waals surface area (Å²) in [6.45, 7) is 0.328. The molecule has 0 aliphatic carbocycles. The summed E-state index contributed by atoms with van der Waals surface area (Å²) in [7, 11) is -1.47. The molecule has 0 saturated heterocycles. The third kappa shape index (κ3) is 3.87. The lowest BCUT2D eigenvalue weighted by molar-refractivity contribution is -0.122. The van der Waals surface area contributed by atoms with Crippen molar-refractivity contribution in [1.82, 2.24) is 5.32 Å². The number of nitroso groups, excluding NO2 is 1. The Hall–Kier alpha value is -3.24. The van der Waals surface area contributed by atoms with Gasteiger partial charge in [-0.05, 0) is 29.2 Å². The largest absolute Gasteiger partial charge is 0.547 e. The van der Waals surface area contributed by atoms with Crippen LogP contribution in [0, 0.1) is 4.91 Å². The van der Waals surface area contributed by atoms with Crippen LogP contribution in [0.4, 0.5) is 0 Å². The van der Waals surface area contributed by atoms with Crippen LogP contribution in [0.25, 0.3) is 0 Å².